The number of nitrogens with zero attached hydrogens (tertiary/aromatic N) is 5. The molecule has 0 spiro atoms. The van der Waals surface area contributed by atoms with E-state index in [9.17, 15) is 4.79 Å². The summed E-state index contributed by atoms with van der Waals surface area (Å²) in [6, 6.07) is 16.6. The first-order chi connectivity index (χ1) is 16.2. The van der Waals surface area contributed by atoms with Crippen molar-refractivity contribution < 1.29 is 9.26 Å². The number of piperazine rings is 1. The van der Waals surface area contributed by atoms with Crippen molar-refractivity contribution in [2.24, 2.45) is 0 Å². The average molecular weight is 444 g/mol. The summed E-state index contributed by atoms with van der Waals surface area (Å²) >= 11 is 0. The molecule has 0 radical (unpaired) electrons. The number of pyridine rings is 1. The zero-order valence-corrected chi connectivity index (χ0v) is 18.5. The van der Waals surface area contributed by atoms with Gasteiger partial charge >= 0.3 is 5.76 Å². The van der Waals surface area contributed by atoms with E-state index in [0.717, 1.165) is 61.7 Å². The molecule has 2 aromatic carbocycles. The third-order valence-electron chi connectivity index (χ3n) is 6.59. The molecule has 0 aliphatic carbocycles. The molecule has 168 valence electrons. The predicted octanol–water partition coefficient (Wildman–Crippen LogP) is 2.94. The van der Waals surface area contributed by atoms with Gasteiger partial charge in [0.1, 0.15) is 5.75 Å². The van der Waals surface area contributed by atoms with E-state index in [-0.39, 0.29) is 6.61 Å². The Bertz CT molecular complexity index is 1380. The fourth-order valence-corrected chi connectivity index (χ4v) is 4.86. The van der Waals surface area contributed by atoms with Crippen molar-refractivity contribution >= 4 is 16.6 Å². The van der Waals surface area contributed by atoms with Crippen LogP contribution in [0.3, 0.4) is 0 Å². The van der Waals surface area contributed by atoms with Crippen molar-refractivity contribution in [2.45, 2.75) is 20.0 Å². The van der Waals surface area contributed by atoms with Gasteiger partial charge in [0.2, 0.25) is 0 Å². The summed E-state index contributed by atoms with van der Waals surface area (Å²) in [5, 5.41) is 5.01. The van der Waals surface area contributed by atoms with Crippen LogP contribution in [0.15, 0.2) is 57.8 Å². The second-order valence-electron chi connectivity index (χ2n) is 8.63. The lowest BCUT2D eigenvalue weighted by Crippen LogP contribution is -2.47. The number of rotatable bonds is 4. The fraction of sp³-hybridized carbons (Fsp3) is 0.320. The minimum Gasteiger partial charge on any atom is -0.483 e. The lowest BCUT2D eigenvalue weighted by molar-refractivity contribution is 0.253. The van der Waals surface area contributed by atoms with E-state index in [0.29, 0.717) is 11.5 Å². The summed E-state index contributed by atoms with van der Waals surface area (Å²) in [6.45, 7) is 7.18. The molecule has 0 bridgehead atoms. The molecule has 2 aliphatic rings. The van der Waals surface area contributed by atoms with Crippen LogP contribution in [-0.2, 0) is 13.0 Å². The van der Waals surface area contributed by atoms with Crippen LogP contribution < -0.4 is 15.4 Å². The Morgan fingerprint density at radius 1 is 0.970 bits per heavy atom. The van der Waals surface area contributed by atoms with Gasteiger partial charge in [0.05, 0.1) is 11.2 Å². The number of benzene rings is 2. The van der Waals surface area contributed by atoms with Gasteiger partial charge in [0.15, 0.2) is 12.4 Å². The first-order valence-electron chi connectivity index (χ1n) is 11.3. The summed E-state index contributed by atoms with van der Waals surface area (Å²) in [7, 11) is 0. The highest BCUT2D eigenvalue weighted by molar-refractivity contribution is 5.92. The van der Waals surface area contributed by atoms with Crippen LogP contribution in [-0.4, -0.2) is 52.3 Å². The Morgan fingerprint density at radius 3 is 2.67 bits per heavy atom. The average Bonchev–Trinajstić information content (AvgIpc) is 3.23. The largest absolute Gasteiger partial charge is 0.483 e. The molecule has 0 unspecified atom stereocenters. The molecular formula is C25H25N5O3. The van der Waals surface area contributed by atoms with Gasteiger partial charge in [-0.1, -0.05) is 23.4 Å². The number of para-hydroxylation sites is 1. The Balaban J connectivity index is 1.14. The molecule has 0 atom stereocenters. The van der Waals surface area contributed by atoms with Gasteiger partial charge < -0.3 is 9.64 Å². The van der Waals surface area contributed by atoms with Gasteiger partial charge in [-0.15, -0.1) is 0 Å². The SMILES string of the molecule is Cc1ccc2c(N3CCN(CCc4cccc5c4OCc4noc(=O)n4-5)CC3)cccc2n1. The molecule has 4 heterocycles. The van der Waals surface area contributed by atoms with Gasteiger partial charge in [-0.25, -0.2) is 9.36 Å². The summed E-state index contributed by atoms with van der Waals surface area (Å²) in [6.07, 6.45) is 0.857. The monoisotopic (exact) mass is 443 g/mol. The number of fused-ring (bicyclic) bond motifs is 4. The molecule has 33 heavy (non-hydrogen) atoms. The van der Waals surface area contributed by atoms with E-state index in [1.807, 2.05) is 19.1 Å². The summed E-state index contributed by atoms with van der Waals surface area (Å²) in [5.74, 6) is 0.786. The van der Waals surface area contributed by atoms with E-state index >= 15 is 0 Å². The van der Waals surface area contributed by atoms with Gasteiger partial charge in [-0.2, -0.15) is 0 Å². The molecule has 8 heteroatoms. The number of aryl methyl sites for hydroxylation is 1. The van der Waals surface area contributed by atoms with Crippen molar-refractivity contribution in [3.8, 4) is 11.4 Å². The van der Waals surface area contributed by atoms with Crippen molar-refractivity contribution in [1.82, 2.24) is 19.6 Å². The normalized spacial score (nSPS) is 15.8. The van der Waals surface area contributed by atoms with Gasteiger partial charge in [-0.05, 0) is 49.2 Å². The number of hydrogen-bond donors (Lipinski definition) is 0. The first kappa shape index (κ1) is 20.0. The van der Waals surface area contributed by atoms with E-state index in [2.05, 4.69) is 56.3 Å². The molecule has 8 nitrogen and oxygen atoms in total. The highest BCUT2D eigenvalue weighted by Gasteiger charge is 2.25. The lowest BCUT2D eigenvalue weighted by Gasteiger charge is -2.36. The Hall–Kier alpha value is -3.65. The molecule has 2 aliphatic heterocycles. The highest BCUT2D eigenvalue weighted by Crippen LogP contribution is 2.32. The minimum absolute atomic E-state index is 0.244. The second kappa shape index (κ2) is 8.04. The summed E-state index contributed by atoms with van der Waals surface area (Å²) in [4.78, 5) is 21.7. The van der Waals surface area contributed by atoms with Crippen LogP contribution in [0.4, 0.5) is 5.69 Å². The van der Waals surface area contributed by atoms with Crippen LogP contribution in [0.2, 0.25) is 0 Å². The molecule has 0 saturated carbocycles. The molecule has 6 rings (SSSR count). The smallest absolute Gasteiger partial charge is 0.446 e. The Morgan fingerprint density at radius 2 is 1.79 bits per heavy atom. The standard InChI is InChI=1S/C25H25N5O3/c1-17-8-9-19-20(26-17)5-3-6-21(19)29-14-12-28(13-15-29)11-10-18-4-2-7-22-24(18)32-16-23-27-33-25(31)30(22)23/h2-9H,10-16H2,1H3. The van der Waals surface area contributed by atoms with E-state index in [4.69, 9.17) is 9.26 Å². The molecule has 0 N–H and O–H groups in total. The zero-order valence-electron chi connectivity index (χ0n) is 18.5. The number of ether oxygens (including phenoxy) is 1. The van der Waals surface area contributed by atoms with Gasteiger partial charge in [-0.3, -0.25) is 14.4 Å². The zero-order chi connectivity index (χ0) is 22.4. The van der Waals surface area contributed by atoms with Crippen LogP contribution in [0.25, 0.3) is 16.6 Å². The van der Waals surface area contributed by atoms with Crippen LogP contribution in [0.5, 0.6) is 5.75 Å². The number of hydrogen-bond acceptors (Lipinski definition) is 7. The maximum absolute atomic E-state index is 12.1. The maximum atomic E-state index is 12.1. The summed E-state index contributed by atoms with van der Waals surface area (Å²) < 4.78 is 12.3. The van der Waals surface area contributed by atoms with Gasteiger partial charge in [0, 0.05) is 49.5 Å². The van der Waals surface area contributed by atoms with Crippen LogP contribution in [0.1, 0.15) is 17.1 Å². The minimum atomic E-state index is -0.471. The number of aromatic nitrogens is 3. The first-order valence-corrected chi connectivity index (χ1v) is 11.3. The summed E-state index contributed by atoms with van der Waals surface area (Å²) in [5.41, 5.74) is 5.18. The van der Waals surface area contributed by atoms with E-state index in [1.165, 1.54) is 15.6 Å². The fourth-order valence-electron chi connectivity index (χ4n) is 4.86. The van der Waals surface area contributed by atoms with Crippen molar-refractivity contribution in [3.63, 3.8) is 0 Å². The highest BCUT2D eigenvalue weighted by atomic mass is 16.5. The van der Waals surface area contributed by atoms with Crippen molar-refractivity contribution in [2.75, 3.05) is 37.6 Å². The number of anilines is 1. The molecule has 4 aromatic rings. The molecule has 1 saturated heterocycles. The molecule has 2 aromatic heterocycles. The molecular weight excluding hydrogens is 418 g/mol. The third-order valence-corrected chi connectivity index (χ3v) is 6.59. The van der Waals surface area contributed by atoms with E-state index < -0.39 is 5.76 Å². The Labute approximate surface area is 191 Å². The van der Waals surface area contributed by atoms with Gasteiger partial charge in [0.25, 0.3) is 0 Å². The predicted molar refractivity (Wildman–Crippen MR) is 125 cm³/mol. The quantitative estimate of drug-likeness (QED) is 0.480. The molecule has 1 fully saturated rings. The van der Waals surface area contributed by atoms with Crippen molar-refractivity contribution in [1.29, 1.82) is 0 Å². The van der Waals surface area contributed by atoms with Crippen LogP contribution >= 0.6 is 0 Å². The molecule has 0 amide bonds. The Kier molecular flexibility index (Phi) is 4.87. The lowest BCUT2D eigenvalue weighted by atomic mass is 10.1. The van der Waals surface area contributed by atoms with Crippen LogP contribution in [0, 0.1) is 6.92 Å². The topological polar surface area (TPSA) is 76.6 Å². The maximum Gasteiger partial charge on any atom is 0.446 e. The third kappa shape index (κ3) is 3.56. The second-order valence-corrected chi connectivity index (χ2v) is 8.63. The van der Waals surface area contributed by atoms with Crippen molar-refractivity contribution in [3.05, 3.63) is 76.2 Å². The van der Waals surface area contributed by atoms with E-state index in [1.54, 1.807) is 0 Å².